The van der Waals surface area contributed by atoms with E-state index < -0.39 is 22.0 Å². The molecule has 0 radical (unpaired) electrons. The SMILES string of the molecule is CCOc1ccc(OCC)c(NC(=O)C(NS(=O)(=O)c2ccc(Br)s2)c2ccccc2)c1. The fourth-order valence-electron chi connectivity index (χ4n) is 2.92. The Morgan fingerprint density at radius 1 is 1.03 bits per heavy atom. The number of benzene rings is 2. The van der Waals surface area contributed by atoms with E-state index in [4.69, 9.17) is 9.47 Å². The van der Waals surface area contributed by atoms with Crippen LogP contribution in [0.4, 0.5) is 5.69 Å². The van der Waals surface area contributed by atoms with Gasteiger partial charge in [-0.25, -0.2) is 8.42 Å². The third kappa shape index (κ3) is 6.10. The van der Waals surface area contributed by atoms with E-state index in [1.165, 1.54) is 6.07 Å². The van der Waals surface area contributed by atoms with E-state index >= 15 is 0 Å². The molecule has 0 saturated carbocycles. The molecule has 2 aromatic carbocycles. The first-order chi connectivity index (χ1) is 15.3. The predicted molar refractivity (Wildman–Crippen MR) is 129 cm³/mol. The molecule has 0 aliphatic rings. The van der Waals surface area contributed by atoms with Crippen LogP contribution in [-0.2, 0) is 14.8 Å². The second-order valence-electron chi connectivity index (χ2n) is 6.54. The van der Waals surface area contributed by atoms with Gasteiger partial charge in [0.2, 0.25) is 5.91 Å². The van der Waals surface area contributed by atoms with Crippen molar-refractivity contribution in [1.29, 1.82) is 0 Å². The number of anilines is 1. The maximum Gasteiger partial charge on any atom is 0.251 e. The van der Waals surface area contributed by atoms with Crippen LogP contribution in [-0.4, -0.2) is 27.5 Å². The van der Waals surface area contributed by atoms with Crippen LogP contribution < -0.4 is 19.5 Å². The van der Waals surface area contributed by atoms with E-state index in [0.717, 1.165) is 11.3 Å². The smallest absolute Gasteiger partial charge is 0.251 e. The Morgan fingerprint density at radius 3 is 2.38 bits per heavy atom. The number of nitrogens with one attached hydrogen (secondary N) is 2. The van der Waals surface area contributed by atoms with Crippen molar-refractivity contribution in [3.8, 4) is 11.5 Å². The second kappa shape index (κ2) is 11.0. The van der Waals surface area contributed by atoms with Crippen molar-refractivity contribution in [1.82, 2.24) is 4.72 Å². The van der Waals surface area contributed by atoms with Gasteiger partial charge in [-0.1, -0.05) is 30.3 Å². The number of sulfonamides is 1. The first-order valence-corrected chi connectivity index (χ1v) is 13.0. The fourth-order valence-corrected chi connectivity index (χ4v) is 6.13. The van der Waals surface area contributed by atoms with Crippen LogP contribution in [0.15, 0.2) is 68.7 Å². The summed E-state index contributed by atoms with van der Waals surface area (Å²) in [6.07, 6.45) is 0. The molecule has 1 atom stereocenters. The molecule has 3 aromatic rings. The van der Waals surface area contributed by atoms with E-state index in [-0.39, 0.29) is 4.21 Å². The van der Waals surface area contributed by atoms with Crippen molar-refractivity contribution in [2.75, 3.05) is 18.5 Å². The Bertz CT molecular complexity index is 1170. The molecule has 1 aromatic heterocycles. The van der Waals surface area contributed by atoms with Gasteiger partial charge in [0.15, 0.2) is 0 Å². The molecular formula is C22H23BrN2O5S2. The van der Waals surface area contributed by atoms with Gasteiger partial charge in [-0.05, 0) is 59.6 Å². The van der Waals surface area contributed by atoms with Crippen LogP contribution in [0.3, 0.4) is 0 Å². The molecule has 0 aliphatic carbocycles. The molecule has 10 heteroatoms. The molecular weight excluding hydrogens is 516 g/mol. The van der Waals surface area contributed by atoms with E-state index in [1.807, 2.05) is 13.8 Å². The molecule has 2 N–H and O–H groups in total. The zero-order chi connectivity index (χ0) is 23.1. The summed E-state index contributed by atoms with van der Waals surface area (Å²) in [6, 6.07) is 15.7. The number of ether oxygens (including phenoxy) is 2. The second-order valence-corrected chi connectivity index (χ2v) is 10.9. The average molecular weight is 539 g/mol. The summed E-state index contributed by atoms with van der Waals surface area (Å²) in [5.74, 6) is 0.470. The van der Waals surface area contributed by atoms with Gasteiger partial charge in [-0.15, -0.1) is 11.3 Å². The van der Waals surface area contributed by atoms with Gasteiger partial charge in [0.25, 0.3) is 10.0 Å². The Balaban J connectivity index is 1.94. The number of hydrogen-bond donors (Lipinski definition) is 2. The molecule has 0 bridgehead atoms. The highest BCUT2D eigenvalue weighted by Gasteiger charge is 2.29. The minimum absolute atomic E-state index is 0.103. The lowest BCUT2D eigenvalue weighted by Crippen LogP contribution is -2.36. The topological polar surface area (TPSA) is 93.7 Å². The van der Waals surface area contributed by atoms with E-state index in [9.17, 15) is 13.2 Å². The van der Waals surface area contributed by atoms with Crippen molar-refractivity contribution < 1.29 is 22.7 Å². The highest BCUT2D eigenvalue weighted by molar-refractivity contribution is 9.11. The van der Waals surface area contributed by atoms with Gasteiger partial charge in [-0.2, -0.15) is 4.72 Å². The first kappa shape index (κ1) is 24.2. The van der Waals surface area contributed by atoms with Crippen LogP contribution in [0.5, 0.6) is 11.5 Å². The lowest BCUT2D eigenvalue weighted by atomic mass is 10.1. The monoisotopic (exact) mass is 538 g/mol. The molecule has 0 spiro atoms. The molecule has 170 valence electrons. The van der Waals surface area contributed by atoms with Gasteiger partial charge >= 0.3 is 0 Å². The van der Waals surface area contributed by atoms with Gasteiger partial charge in [0.05, 0.1) is 22.7 Å². The molecule has 1 amide bonds. The van der Waals surface area contributed by atoms with Crippen molar-refractivity contribution in [2.24, 2.45) is 0 Å². The molecule has 0 aliphatic heterocycles. The molecule has 0 saturated heterocycles. The summed E-state index contributed by atoms with van der Waals surface area (Å²) in [5, 5.41) is 2.80. The molecule has 1 unspecified atom stereocenters. The number of carbonyl (C=O) groups excluding carboxylic acids is 1. The van der Waals surface area contributed by atoms with E-state index in [1.54, 1.807) is 54.6 Å². The Labute approximate surface area is 199 Å². The molecule has 32 heavy (non-hydrogen) atoms. The highest BCUT2D eigenvalue weighted by Crippen LogP contribution is 2.31. The van der Waals surface area contributed by atoms with Crippen LogP contribution in [0.1, 0.15) is 25.5 Å². The maximum atomic E-state index is 13.3. The quantitative estimate of drug-likeness (QED) is 0.380. The van der Waals surface area contributed by atoms with Gasteiger partial charge in [-0.3, -0.25) is 4.79 Å². The van der Waals surface area contributed by atoms with Crippen molar-refractivity contribution in [2.45, 2.75) is 24.1 Å². The van der Waals surface area contributed by atoms with E-state index in [2.05, 4.69) is 26.0 Å². The number of halogens is 1. The van der Waals surface area contributed by atoms with Crippen molar-refractivity contribution >= 4 is 48.9 Å². The van der Waals surface area contributed by atoms with Gasteiger partial charge < -0.3 is 14.8 Å². The van der Waals surface area contributed by atoms with Gasteiger partial charge in [0.1, 0.15) is 21.8 Å². The predicted octanol–water partition coefficient (Wildman–Crippen LogP) is 4.97. The Hall–Kier alpha value is -2.40. The Morgan fingerprint density at radius 2 is 1.75 bits per heavy atom. The zero-order valence-corrected chi connectivity index (χ0v) is 20.7. The largest absolute Gasteiger partial charge is 0.494 e. The standard InChI is InChI=1S/C22H23BrN2O5S2/c1-3-29-16-10-11-18(30-4-2)17(14-16)24-22(26)21(15-8-6-5-7-9-15)25-32(27,28)20-13-12-19(23)31-20/h5-14,21,25H,3-4H2,1-2H3,(H,24,26). The zero-order valence-electron chi connectivity index (χ0n) is 17.5. The number of thiophene rings is 1. The van der Waals surface area contributed by atoms with Gasteiger partial charge in [0, 0.05) is 6.07 Å². The molecule has 1 heterocycles. The normalized spacial score (nSPS) is 12.2. The summed E-state index contributed by atoms with van der Waals surface area (Å²) < 4.78 is 40.3. The lowest BCUT2D eigenvalue weighted by Gasteiger charge is -2.20. The molecule has 7 nitrogen and oxygen atoms in total. The minimum Gasteiger partial charge on any atom is -0.494 e. The van der Waals surface area contributed by atoms with Crippen LogP contribution >= 0.6 is 27.3 Å². The summed E-state index contributed by atoms with van der Waals surface area (Å²) in [7, 11) is -3.94. The number of hydrogen-bond acceptors (Lipinski definition) is 6. The summed E-state index contributed by atoms with van der Waals surface area (Å²) in [4.78, 5) is 13.3. The van der Waals surface area contributed by atoms with Crippen molar-refractivity contribution in [3.63, 3.8) is 0 Å². The molecule has 3 rings (SSSR count). The summed E-state index contributed by atoms with van der Waals surface area (Å²) in [5.41, 5.74) is 0.893. The van der Waals surface area contributed by atoms with Crippen molar-refractivity contribution in [3.05, 3.63) is 70.0 Å². The third-order valence-corrected chi connectivity index (χ3v) is 7.84. The van der Waals surface area contributed by atoms with Crippen LogP contribution in [0.2, 0.25) is 0 Å². The third-order valence-electron chi connectivity index (χ3n) is 4.30. The number of carbonyl (C=O) groups is 1. The first-order valence-electron chi connectivity index (χ1n) is 9.87. The summed E-state index contributed by atoms with van der Waals surface area (Å²) in [6.45, 7) is 4.56. The fraction of sp³-hybridized carbons (Fsp3) is 0.227. The number of rotatable bonds is 10. The van der Waals surface area contributed by atoms with Crippen LogP contribution in [0, 0.1) is 0 Å². The highest BCUT2D eigenvalue weighted by atomic mass is 79.9. The minimum atomic E-state index is -3.94. The van der Waals surface area contributed by atoms with Crippen LogP contribution in [0.25, 0.3) is 0 Å². The molecule has 0 fully saturated rings. The average Bonchev–Trinajstić information content (AvgIpc) is 3.22. The lowest BCUT2D eigenvalue weighted by molar-refractivity contribution is -0.117. The summed E-state index contributed by atoms with van der Waals surface area (Å²) >= 11 is 4.33. The number of amides is 1. The Kier molecular flexibility index (Phi) is 8.30. The maximum absolute atomic E-state index is 13.3. The van der Waals surface area contributed by atoms with E-state index in [0.29, 0.717) is 39.8 Å².